The van der Waals surface area contributed by atoms with Crippen LogP contribution in [-0.4, -0.2) is 59.7 Å². The first-order valence-corrected chi connectivity index (χ1v) is 9.33. The third kappa shape index (κ3) is 4.58. The second-order valence-electron chi connectivity index (χ2n) is 6.51. The summed E-state index contributed by atoms with van der Waals surface area (Å²) in [6.07, 6.45) is 1.16. The Morgan fingerprint density at radius 3 is 2.55 bits per heavy atom. The largest absolute Gasteiger partial charge is 0.507 e. The first-order valence-electron chi connectivity index (χ1n) is 9.33. The first-order chi connectivity index (χ1) is 14.0. The topological polar surface area (TPSA) is 106 Å². The molecule has 1 aliphatic heterocycles. The van der Waals surface area contributed by atoms with Crippen LogP contribution < -0.4 is 5.32 Å². The number of carbonyl (C=O) groups excluding carboxylic acids is 2. The number of ether oxygens (including phenoxy) is 1. The average Bonchev–Trinajstić information content (AvgIpc) is 2.73. The van der Waals surface area contributed by atoms with Crippen LogP contribution >= 0.6 is 0 Å². The van der Waals surface area contributed by atoms with Crippen LogP contribution in [0.2, 0.25) is 0 Å². The Kier molecular flexibility index (Phi) is 6.19. The zero-order valence-corrected chi connectivity index (χ0v) is 16.1. The molecule has 8 heteroatoms. The number of anilines is 1. The molecule has 0 radical (unpaired) electrons. The van der Waals surface area contributed by atoms with Gasteiger partial charge in [0, 0.05) is 48.8 Å². The predicted octanol–water partition coefficient (Wildman–Crippen LogP) is 2.67. The highest BCUT2D eigenvalue weighted by Crippen LogP contribution is 2.30. The Labute approximate surface area is 168 Å². The molecule has 1 aliphatic rings. The smallest absolute Gasteiger partial charge is 0.409 e. The van der Waals surface area contributed by atoms with Gasteiger partial charge < -0.3 is 25.0 Å². The van der Waals surface area contributed by atoms with Gasteiger partial charge in [-0.1, -0.05) is 24.3 Å². The quantitative estimate of drug-likeness (QED) is 0.610. The van der Waals surface area contributed by atoms with Crippen molar-refractivity contribution in [2.45, 2.75) is 6.92 Å². The van der Waals surface area contributed by atoms with Crippen LogP contribution in [0.1, 0.15) is 6.92 Å². The van der Waals surface area contributed by atoms with Gasteiger partial charge in [0.15, 0.2) is 0 Å². The number of carbonyl (C=O) groups is 2. The van der Waals surface area contributed by atoms with E-state index in [0.29, 0.717) is 49.2 Å². The fourth-order valence-electron chi connectivity index (χ4n) is 3.16. The number of fused-ring (bicyclic) bond motifs is 1. The number of amides is 2. The molecule has 3 rings (SSSR count). The highest BCUT2D eigenvalue weighted by Gasteiger charge is 2.22. The molecular weight excluding hydrogens is 372 g/mol. The highest BCUT2D eigenvalue weighted by atomic mass is 16.6. The third-order valence-corrected chi connectivity index (χ3v) is 4.66. The molecule has 0 spiro atoms. The minimum atomic E-state index is -0.531. The molecule has 2 amide bonds. The van der Waals surface area contributed by atoms with Crippen molar-refractivity contribution in [3.05, 3.63) is 48.2 Å². The number of hydrogen-bond acceptors (Lipinski definition) is 6. The predicted molar refractivity (Wildman–Crippen MR) is 108 cm³/mol. The second kappa shape index (κ2) is 8.97. The summed E-state index contributed by atoms with van der Waals surface area (Å²) in [7, 11) is 0. The van der Waals surface area contributed by atoms with E-state index >= 15 is 0 Å². The van der Waals surface area contributed by atoms with Gasteiger partial charge in [0.25, 0.3) is 5.91 Å². The molecule has 2 N–H and O–H groups in total. The van der Waals surface area contributed by atoms with Crippen molar-refractivity contribution in [3.63, 3.8) is 0 Å². The number of nitriles is 1. The van der Waals surface area contributed by atoms with Crippen molar-refractivity contribution in [3.8, 4) is 11.8 Å². The third-order valence-electron chi connectivity index (χ3n) is 4.66. The molecule has 1 fully saturated rings. The van der Waals surface area contributed by atoms with Gasteiger partial charge in [-0.05, 0) is 19.1 Å². The highest BCUT2D eigenvalue weighted by molar-refractivity contribution is 6.11. The summed E-state index contributed by atoms with van der Waals surface area (Å²) in [6, 6.07) is 12.2. The van der Waals surface area contributed by atoms with Gasteiger partial charge in [-0.25, -0.2) is 4.79 Å². The number of benzene rings is 2. The number of hydrogen-bond donors (Lipinski definition) is 2. The van der Waals surface area contributed by atoms with E-state index in [1.54, 1.807) is 48.2 Å². The van der Waals surface area contributed by atoms with Gasteiger partial charge in [0.1, 0.15) is 17.4 Å². The molecule has 150 valence electrons. The molecule has 1 saturated heterocycles. The summed E-state index contributed by atoms with van der Waals surface area (Å²) in [6.45, 7) is 3.99. The molecule has 0 aromatic heterocycles. The van der Waals surface area contributed by atoms with Gasteiger partial charge in [0.05, 0.1) is 6.61 Å². The van der Waals surface area contributed by atoms with E-state index in [9.17, 15) is 20.0 Å². The number of phenolic OH excluding ortho intramolecular Hbond substituents is 1. The summed E-state index contributed by atoms with van der Waals surface area (Å²) in [5.74, 6) is -0.412. The molecule has 0 aliphatic carbocycles. The monoisotopic (exact) mass is 394 g/mol. The normalized spacial score (nSPS) is 14.4. The molecule has 2 aromatic rings. The van der Waals surface area contributed by atoms with Gasteiger partial charge in [-0.15, -0.1) is 0 Å². The SMILES string of the molecule is CCOC(=O)N1CCN(/C=C(/C#N)C(=O)Nc2cccc3c(O)cccc23)CC1. The maximum atomic E-state index is 12.6. The summed E-state index contributed by atoms with van der Waals surface area (Å²) in [4.78, 5) is 27.8. The van der Waals surface area contributed by atoms with Crippen LogP contribution in [0.15, 0.2) is 48.2 Å². The maximum Gasteiger partial charge on any atom is 0.409 e. The van der Waals surface area contributed by atoms with Crippen molar-refractivity contribution in [2.75, 3.05) is 38.1 Å². The minimum absolute atomic E-state index is 0.0354. The summed E-state index contributed by atoms with van der Waals surface area (Å²) in [5, 5.41) is 23.5. The van der Waals surface area contributed by atoms with Crippen molar-refractivity contribution in [1.82, 2.24) is 9.80 Å². The Morgan fingerprint density at radius 2 is 1.86 bits per heavy atom. The van der Waals surface area contributed by atoms with E-state index in [0.717, 1.165) is 0 Å². The number of piperazine rings is 1. The zero-order chi connectivity index (χ0) is 20.8. The van der Waals surface area contributed by atoms with Crippen molar-refractivity contribution >= 4 is 28.5 Å². The number of rotatable bonds is 4. The van der Waals surface area contributed by atoms with E-state index in [2.05, 4.69) is 5.32 Å². The van der Waals surface area contributed by atoms with Crippen LogP contribution in [0.3, 0.4) is 0 Å². The van der Waals surface area contributed by atoms with E-state index in [1.807, 2.05) is 11.0 Å². The van der Waals surface area contributed by atoms with E-state index in [-0.39, 0.29) is 17.4 Å². The number of aromatic hydroxyl groups is 1. The lowest BCUT2D eigenvalue weighted by molar-refractivity contribution is -0.112. The first kappa shape index (κ1) is 20.0. The second-order valence-corrected chi connectivity index (χ2v) is 6.51. The summed E-state index contributed by atoms with van der Waals surface area (Å²) < 4.78 is 4.99. The van der Waals surface area contributed by atoms with Crippen molar-refractivity contribution in [2.24, 2.45) is 0 Å². The van der Waals surface area contributed by atoms with E-state index in [4.69, 9.17) is 4.74 Å². The maximum absolute atomic E-state index is 12.6. The lowest BCUT2D eigenvalue weighted by Crippen LogP contribution is -2.47. The molecule has 0 saturated carbocycles. The molecule has 2 aromatic carbocycles. The Balaban J connectivity index is 1.70. The van der Waals surface area contributed by atoms with Gasteiger partial charge in [0.2, 0.25) is 0 Å². The molecule has 0 unspecified atom stereocenters. The Bertz CT molecular complexity index is 988. The Hall–Kier alpha value is -3.73. The van der Waals surface area contributed by atoms with Crippen molar-refractivity contribution < 1.29 is 19.4 Å². The molecule has 1 heterocycles. The minimum Gasteiger partial charge on any atom is -0.507 e. The lowest BCUT2D eigenvalue weighted by atomic mass is 10.1. The Morgan fingerprint density at radius 1 is 1.17 bits per heavy atom. The molecule has 8 nitrogen and oxygen atoms in total. The number of nitrogens with zero attached hydrogens (tertiary/aromatic N) is 3. The number of phenols is 1. The summed E-state index contributed by atoms with van der Waals surface area (Å²) in [5.41, 5.74) is 0.475. The van der Waals surface area contributed by atoms with Gasteiger partial charge >= 0.3 is 6.09 Å². The van der Waals surface area contributed by atoms with Crippen molar-refractivity contribution in [1.29, 1.82) is 5.26 Å². The van der Waals surface area contributed by atoms with E-state index < -0.39 is 5.91 Å². The lowest BCUT2D eigenvalue weighted by Gasteiger charge is -2.33. The van der Waals surface area contributed by atoms with Crippen LogP contribution in [-0.2, 0) is 9.53 Å². The molecule has 0 atom stereocenters. The molecule has 29 heavy (non-hydrogen) atoms. The van der Waals surface area contributed by atoms with Gasteiger partial charge in [-0.3, -0.25) is 4.79 Å². The van der Waals surface area contributed by atoms with Crippen LogP contribution in [0, 0.1) is 11.3 Å². The fourth-order valence-corrected chi connectivity index (χ4v) is 3.16. The summed E-state index contributed by atoms with van der Waals surface area (Å²) >= 11 is 0. The standard InChI is InChI=1S/C21H22N4O4/c1-2-29-21(28)25-11-9-24(10-12-25)14-15(13-22)20(27)23-18-7-3-6-17-16(18)5-4-8-19(17)26/h3-8,14,26H,2,9-12H2,1H3,(H,23,27)/b15-14-. The zero-order valence-electron chi connectivity index (χ0n) is 16.1. The average molecular weight is 394 g/mol. The molecule has 0 bridgehead atoms. The fraction of sp³-hybridized carbons (Fsp3) is 0.286. The van der Waals surface area contributed by atoms with Crippen LogP contribution in [0.25, 0.3) is 10.8 Å². The number of nitrogens with one attached hydrogen (secondary N) is 1. The van der Waals surface area contributed by atoms with Crippen LogP contribution in [0.5, 0.6) is 5.75 Å². The van der Waals surface area contributed by atoms with Gasteiger partial charge in [-0.2, -0.15) is 5.26 Å². The molecular formula is C21H22N4O4. The van der Waals surface area contributed by atoms with Crippen LogP contribution in [0.4, 0.5) is 10.5 Å². The van der Waals surface area contributed by atoms with E-state index in [1.165, 1.54) is 6.20 Å².